The van der Waals surface area contributed by atoms with Gasteiger partial charge in [-0.15, -0.1) is 0 Å². The molecule has 0 N–H and O–H groups in total. The quantitative estimate of drug-likeness (QED) is 0.355. The number of allylic oxidation sites excluding steroid dienone is 1. The summed E-state index contributed by atoms with van der Waals surface area (Å²) in [6.45, 7) is 4.48. The van der Waals surface area contributed by atoms with Crippen LogP contribution in [0, 0.1) is 11.8 Å². The van der Waals surface area contributed by atoms with Crippen molar-refractivity contribution < 1.29 is 0 Å². The van der Waals surface area contributed by atoms with Crippen molar-refractivity contribution >= 4 is 24.5 Å². The van der Waals surface area contributed by atoms with Crippen LogP contribution in [0.15, 0.2) is 36.4 Å². The van der Waals surface area contributed by atoms with Crippen molar-refractivity contribution in [3.63, 3.8) is 0 Å². The van der Waals surface area contributed by atoms with Gasteiger partial charge in [0, 0.05) is 0 Å². The van der Waals surface area contributed by atoms with E-state index in [2.05, 4.69) is 62.1 Å². The van der Waals surface area contributed by atoms with E-state index in [9.17, 15) is 0 Å². The molecule has 1 aromatic rings. The van der Waals surface area contributed by atoms with Crippen LogP contribution in [0.5, 0.6) is 0 Å². The average Bonchev–Trinajstić information content (AvgIpc) is 2.46. The van der Waals surface area contributed by atoms with Gasteiger partial charge in [-0.3, -0.25) is 0 Å². The Labute approximate surface area is 128 Å². The molecule has 0 radical (unpaired) electrons. The molecule has 0 saturated heterocycles. The molecule has 0 spiro atoms. The van der Waals surface area contributed by atoms with Gasteiger partial charge in [-0.05, 0) is 0 Å². The van der Waals surface area contributed by atoms with Crippen LogP contribution in [-0.4, -0.2) is 20.9 Å². The summed E-state index contributed by atoms with van der Waals surface area (Å²) in [6.07, 6.45) is 8.32. The molecule has 0 aliphatic carbocycles. The van der Waals surface area contributed by atoms with Gasteiger partial charge in [-0.25, -0.2) is 0 Å². The van der Waals surface area contributed by atoms with Crippen LogP contribution < -0.4 is 0 Å². The van der Waals surface area contributed by atoms with E-state index in [1.807, 2.05) is 0 Å². The van der Waals surface area contributed by atoms with Crippen LogP contribution in [0.2, 0.25) is 4.47 Å². The van der Waals surface area contributed by atoms with E-state index in [-0.39, 0.29) is 20.9 Å². The first-order chi connectivity index (χ1) is 9.38. The van der Waals surface area contributed by atoms with E-state index in [0.29, 0.717) is 0 Å². The summed E-state index contributed by atoms with van der Waals surface area (Å²) in [5.74, 6) is 6.54. The van der Waals surface area contributed by atoms with E-state index in [0.717, 1.165) is 6.42 Å². The third-order valence-corrected chi connectivity index (χ3v) is 6.08. The number of unbranched alkanes of at least 4 members (excludes halogenated alkanes) is 3. The summed E-state index contributed by atoms with van der Waals surface area (Å²) >= 11 is -0.0814. The third-order valence-electron chi connectivity index (χ3n) is 2.77. The predicted molar refractivity (Wildman–Crippen MR) is 87.2 cm³/mol. The van der Waals surface area contributed by atoms with E-state index in [1.54, 1.807) is 0 Å². The molecule has 0 saturated carbocycles. The van der Waals surface area contributed by atoms with Crippen LogP contribution in [0.25, 0.3) is 3.62 Å². The molecule has 1 aromatic carbocycles. The van der Waals surface area contributed by atoms with Crippen LogP contribution >= 0.6 is 0 Å². The molecular weight excluding hydrogens is 344 g/mol. The summed E-state index contributed by atoms with van der Waals surface area (Å²) in [5.41, 5.74) is 1.38. The zero-order valence-electron chi connectivity index (χ0n) is 12.1. The molecule has 1 rings (SSSR count). The minimum absolute atomic E-state index is 0.0814. The topological polar surface area (TPSA) is 0 Å². The number of hydrogen-bond acceptors (Lipinski definition) is 0. The van der Waals surface area contributed by atoms with Crippen molar-refractivity contribution in [1.29, 1.82) is 0 Å². The van der Waals surface area contributed by atoms with Gasteiger partial charge in [0.1, 0.15) is 0 Å². The van der Waals surface area contributed by atoms with Crippen molar-refractivity contribution in [2.45, 2.75) is 50.4 Å². The third kappa shape index (κ3) is 7.47. The monoisotopic (exact) mass is 370 g/mol. The van der Waals surface area contributed by atoms with Crippen molar-refractivity contribution in [1.82, 2.24) is 0 Å². The molecule has 0 nitrogen and oxygen atoms in total. The summed E-state index contributed by atoms with van der Waals surface area (Å²) < 4.78 is 2.90. The molecule has 102 valence electrons. The SMILES string of the molecule is CCCCC#C/C=C(\[Te]CCCC)c1ccccc1. The Morgan fingerprint density at radius 3 is 2.53 bits per heavy atom. The zero-order valence-corrected chi connectivity index (χ0v) is 14.4. The number of benzene rings is 1. The molecule has 0 amide bonds. The fourth-order valence-electron chi connectivity index (χ4n) is 1.59. The van der Waals surface area contributed by atoms with Gasteiger partial charge < -0.3 is 0 Å². The van der Waals surface area contributed by atoms with Gasteiger partial charge >= 0.3 is 129 Å². The first-order valence-electron chi connectivity index (χ1n) is 7.25. The second-order valence-electron chi connectivity index (χ2n) is 4.50. The Morgan fingerprint density at radius 2 is 1.84 bits per heavy atom. The van der Waals surface area contributed by atoms with Gasteiger partial charge in [-0.2, -0.15) is 0 Å². The molecule has 0 aromatic heterocycles. The molecule has 0 heterocycles. The molecule has 0 aliphatic rings. The minimum atomic E-state index is -0.0814. The molecule has 19 heavy (non-hydrogen) atoms. The molecule has 0 bridgehead atoms. The second kappa shape index (κ2) is 11.2. The maximum absolute atomic E-state index is 3.27. The van der Waals surface area contributed by atoms with Gasteiger partial charge in [0.15, 0.2) is 0 Å². The van der Waals surface area contributed by atoms with Crippen molar-refractivity contribution in [2.75, 3.05) is 0 Å². The van der Waals surface area contributed by atoms with Crippen LogP contribution in [0.4, 0.5) is 0 Å². The fraction of sp³-hybridized carbons (Fsp3) is 0.444. The first-order valence-corrected chi connectivity index (χ1v) is 10.1. The summed E-state index contributed by atoms with van der Waals surface area (Å²) in [7, 11) is 0. The molecule has 0 fully saturated rings. The summed E-state index contributed by atoms with van der Waals surface area (Å²) in [6, 6.07) is 10.8. The standard InChI is InChI=1S/C18H24Te/c1-3-5-7-8-12-15-18(19-16-6-4-2)17-13-10-9-11-14-17/h9-11,13-15H,3-7,16H2,1-2H3/b18-15-. The van der Waals surface area contributed by atoms with Crippen molar-refractivity contribution in [3.8, 4) is 11.8 Å². The van der Waals surface area contributed by atoms with E-state index < -0.39 is 0 Å². The van der Waals surface area contributed by atoms with E-state index in [4.69, 9.17) is 0 Å². The van der Waals surface area contributed by atoms with E-state index in [1.165, 1.54) is 39.3 Å². The number of hydrogen-bond donors (Lipinski definition) is 0. The fourth-order valence-corrected chi connectivity index (χ4v) is 4.72. The molecule has 0 aliphatic heterocycles. The van der Waals surface area contributed by atoms with Crippen LogP contribution in [-0.2, 0) is 0 Å². The Hall–Kier alpha value is -0.690. The Bertz CT molecular complexity index is 420. The predicted octanol–water partition coefficient (Wildman–Crippen LogP) is 5.14. The Balaban J connectivity index is 2.68. The average molecular weight is 368 g/mol. The molecular formula is C18H24Te. The number of rotatable bonds is 7. The zero-order chi connectivity index (χ0) is 13.8. The van der Waals surface area contributed by atoms with Gasteiger partial charge in [0.05, 0.1) is 0 Å². The van der Waals surface area contributed by atoms with Crippen molar-refractivity contribution in [3.05, 3.63) is 42.0 Å². The normalized spacial score (nSPS) is 10.9. The Kier molecular flexibility index (Phi) is 9.61. The first kappa shape index (κ1) is 16.4. The molecule has 1 heteroatoms. The summed E-state index contributed by atoms with van der Waals surface area (Å²) in [5, 5.41) is 0. The van der Waals surface area contributed by atoms with E-state index >= 15 is 0 Å². The van der Waals surface area contributed by atoms with Gasteiger partial charge in [0.2, 0.25) is 0 Å². The second-order valence-corrected chi connectivity index (χ2v) is 7.75. The van der Waals surface area contributed by atoms with Crippen molar-refractivity contribution in [2.24, 2.45) is 0 Å². The van der Waals surface area contributed by atoms with Gasteiger partial charge in [-0.1, -0.05) is 0 Å². The van der Waals surface area contributed by atoms with Gasteiger partial charge in [0.25, 0.3) is 0 Å². The van der Waals surface area contributed by atoms with Crippen LogP contribution in [0.1, 0.15) is 51.5 Å². The van der Waals surface area contributed by atoms with Crippen LogP contribution in [0.3, 0.4) is 0 Å². The summed E-state index contributed by atoms with van der Waals surface area (Å²) in [4.78, 5) is 0. The molecule has 0 unspecified atom stereocenters. The Morgan fingerprint density at radius 1 is 1.11 bits per heavy atom. The molecule has 0 atom stereocenters. The maximum atomic E-state index is 3.27.